The zero-order valence-corrected chi connectivity index (χ0v) is 12.1. The first-order chi connectivity index (χ1) is 7.99. The summed E-state index contributed by atoms with van der Waals surface area (Å²) in [5, 5.41) is 1.72. The summed E-state index contributed by atoms with van der Waals surface area (Å²) in [5.74, 6) is 0. The van der Waals surface area contributed by atoms with Crippen molar-refractivity contribution in [1.29, 1.82) is 0 Å². The number of nitrogens with zero attached hydrogens (tertiary/aromatic N) is 1. The van der Waals surface area contributed by atoms with Crippen LogP contribution in [0, 0.1) is 6.92 Å². The first-order valence-electron chi connectivity index (χ1n) is 4.67. The minimum absolute atomic E-state index is 0.290. The number of thiophene rings is 1. The van der Waals surface area contributed by atoms with Gasteiger partial charge in [0, 0.05) is 0 Å². The van der Waals surface area contributed by atoms with E-state index in [2.05, 4.69) is 25.6 Å². The van der Waals surface area contributed by atoms with E-state index in [1.54, 1.807) is 23.6 Å². The van der Waals surface area contributed by atoms with E-state index in [1.807, 2.05) is 6.92 Å². The number of anilines is 1. The van der Waals surface area contributed by atoms with Crippen molar-refractivity contribution in [2.24, 2.45) is 0 Å². The van der Waals surface area contributed by atoms with Gasteiger partial charge in [0.25, 0.3) is 10.0 Å². The number of hydrogen-bond acceptors (Lipinski definition) is 4. The highest BCUT2D eigenvalue weighted by molar-refractivity contribution is 9.10. The van der Waals surface area contributed by atoms with Crippen molar-refractivity contribution in [3.63, 3.8) is 0 Å². The summed E-state index contributed by atoms with van der Waals surface area (Å²) in [4.78, 5) is 4.04. The molecule has 0 radical (unpaired) electrons. The largest absolute Gasteiger partial charge is 0.277 e. The van der Waals surface area contributed by atoms with Crippen molar-refractivity contribution in [2.45, 2.75) is 11.1 Å². The van der Waals surface area contributed by atoms with Gasteiger partial charge < -0.3 is 0 Å². The molecule has 90 valence electrons. The molecule has 0 aliphatic heterocycles. The van der Waals surface area contributed by atoms with Crippen LogP contribution in [0.1, 0.15) is 5.56 Å². The van der Waals surface area contributed by atoms with E-state index in [0.717, 1.165) is 5.56 Å². The SMILES string of the molecule is Cc1cc(NS(=O)(=O)c2cccs2)cnc1Br. The number of rotatable bonds is 3. The van der Waals surface area contributed by atoms with Gasteiger partial charge >= 0.3 is 0 Å². The number of aryl methyl sites for hydroxylation is 1. The van der Waals surface area contributed by atoms with Gasteiger partial charge in [-0.1, -0.05) is 6.07 Å². The molecule has 1 N–H and O–H groups in total. The predicted molar refractivity (Wildman–Crippen MR) is 71.8 cm³/mol. The highest BCUT2D eigenvalue weighted by Gasteiger charge is 2.15. The van der Waals surface area contributed by atoms with E-state index in [-0.39, 0.29) is 4.21 Å². The van der Waals surface area contributed by atoms with Crippen molar-refractivity contribution in [3.8, 4) is 0 Å². The summed E-state index contributed by atoms with van der Waals surface area (Å²) in [6.07, 6.45) is 1.47. The zero-order chi connectivity index (χ0) is 12.5. The average Bonchev–Trinajstić information content (AvgIpc) is 2.77. The summed E-state index contributed by atoms with van der Waals surface area (Å²) in [6, 6.07) is 4.98. The minimum Gasteiger partial charge on any atom is -0.277 e. The van der Waals surface area contributed by atoms with Crippen LogP contribution in [0.5, 0.6) is 0 Å². The molecule has 2 heterocycles. The van der Waals surface area contributed by atoms with Crippen LogP contribution in [0.4, 0.5) is 5.69 Å². The van der Waals surface area contributed by atoms with E-state index in [9.17, 15) is 8.42 Å². The summed E-state index contributed by atoms with van der Waals surface area (Å²) >= 11 is 4.44. The van der Waals surface area contributed by atoms with Gasteiger partial charge in [-0.15, -0.1) is 11.3 Å². The van der Waals surface area contributed by atoms with Gasteiger partial charge in [-0.3, -0.25) is 4.72 Å². The van der Waals surface area contributed by atoms with Crippen molar-refractivity contribution < 1.29 is 8.42 Å². The number of aromatic nitrogens is 1. The molecule has 4 nitrogen and oxygen atoms in total. The first kappa shape index (κ1) is 12.5. The molecule has 0 bridgehead atoms. The lowest BCUT2D eigenvalue weighted by Gasteiger charge is -2.07. The van der Waals surface area contributed by atoms with E-state index < -0.39 is 10.0 Å². The molecule has 0 fully saturated rings. The maximum Gasteiger partial charge on any atom is 0.271 e. The lowest BCUT2D eigenvalue weighted by atomic mass is 10.3. The molecule has 2 rings (SSSR count). The maximum atomic E-state index is 11.9. The van der Waals surface area contributed by atoms with Crippen molar-refractivity contribution in [3.05, 3.63) is 39.9 Å². The molecule has 0 spiro atoms. The van der Waals surface area contributed by atoms with Gasteiger partial charge in [0.05, 0.1) is 11.9 Å². The van der Waals surface area contributed by atoms with Gasteiger partial charge in [-0.2, -0.15) is 0 Å². The molecule has 0 aromatic carbocycles. The summed E-state index contributed by atoms with van der Waals surface area (Å²) in [5.41, 5.74) is 1.33. The van der Waals surface area contributed by atoms with Crippen LogP contribution < -0.4 is 4.72 Å². The Morgan fingerprint density at radius 3 is 2.82 bits per heavy atom. The Balaban J connectivity index is 2.30. The lowest BCUT2D eigenvalue weighted by Crippen LogP contribution is -2.11. The number of sulfonamides is 1. The molecule has 0 unspecified atom stereocenters. The van der Waals surface area contributed by atoms with Gasteiger partial charge in [-0.25, -0.2) is 13.4 Å². The van der Waals surface area contributed by atoms with Gasteiger partial charge in [0.1, 0.15) is 8.81 Å². The monoisotopic (exact) mass is 332 g/mol. The second-order valence-corrected chi connectivity index (χ2v) is 6.98. The number of hydrogen-bond donors (Lipinski definition) is 1. The number of pyridine rings is 1. The summed E-state index contributed by atoms with van der Waals surface area (Å²) in [6.45, 7) is 1.85. The maximum absolute atomic E-state index is 11.9. The molecule has 2 aromatic heterocycles. The summed E-state index contributed by atoms with van der Waals surface area (Å²) in [7, 11) is -3.49. The Morgan fingerprint density at radius 1 is 1.47 bits per heavy atom. The fraction of sp³-hybridized carbons (Fsp3) is 0.100. The second-order valence-electron chi connectivity index (χ2n) is 3.37. The van der Waals surface area contributed by atoms with Crippen molar-refractivity contribution in [2.75, 3.05) is 4.72 Å². The molecule has 2 aromatic rings. The standard InChI is InChI=1S/C10H9BrN2O2S2/c1-7-5-8(6-12-10(7)11)13-17(14,15)9-3-2-4-16-9/h2-6,13H,1H3. The van der Waals surface area contributed by atoms with Crippen LogP contribution in [0.15, 0.2) is 38.6 Å². The molecule has 0 amide bonds. The van der Waals surface area contributed by atoms with Crippen LogP contribution in [0.25, 0.3) is 0 Å². The van der Waals surface area contributed by atoms with Crippen LogP contribution >= 0.6 is 27.3 Å². The Morgan fingerprint density at radius 2 is 2.24 bits per heavy atom. The topological polar surface area (TPSA) is 59.1 Å². The molecule has 7 heteroatoms. The number of nitrogens with one attached hydrogen (secondary N) is 1. The van der Waals surface area contributed by atoms with Gasteiger partial charge in [-0.05, 0) is 45.9 Å². The first-order valence-corrected chi connectivity index (χ1v) is 7.83. The second kappa shape index (κ2) is 4.75. The van der Waals surface area contributed by atoms with E-state index >= 15 is 0 Å². The van der Waals surface area contributed by atoms with Crippen LogP contribution in [0.2, 0.25) is 0 Å². The van der Waals surface area contributed by atoms with Gasteiger partial charge in [0.2, 0.25) is 0 Å². The molecular formula is C10H9BrN2O2S2. The fourth-order valence-corrected chi connectivity index (χ4v) is 3.48. The Kier molecular flexibility index (Phi) is 3.50. The van der Waals surface area contributed by atoms with E-state index in [0.29, 0.717) is 10.3 Å². The van der Waals surface area contributed by atoms with E-state index in [1.165, 1.54) is 17.5 Å². The van der Waals surface area contributed by atoms with Crippen molar-refractivity contribution >= 4 is 43.0 Å². The Bertz CT molecular complexity index is 624. The van der Waals surface area contributed by atoms with Crippen LogP contribution in [0.3, 0.4) is 0 Å². The molecule has 0 saturated heterocycles. The fourth-order valence-electron chi connectivity index (χ4n) is 1.24. The molecule has 0 saturated carbocycles. The molecule has 0 aliphatic carbocycles. The molecule has 0 aliphatic rings. The van der Waals surface area contributed by atoms with Crippen molar-refractivity contribution in [1.82, 2.24) is 4.98 Å². The highest BCUT2D eigenvalue weighted by Crippen LogP contribution is 2.22. The van der Waals surface area contributed by atoms with Crippen LogP contribution in [-0.2, 0) is 10.0 Å². The molecule has 0 atom stereocenters. The molecular weight excluding hydrogens is 324 g/mol. The summed E-state index contributed by atoms with van der Waals surface area (Å²) < 4.78 is 27.3. The van der Waals surface area contributed by atoms with E-state index in [4.69, 9.17) is 0 Å². The average molecular weight is 333 g/mol. The third-order valence-corrected chi connectivity index (χ3v) is 5.64. The van der Waals surface area contributed by atoms with Gasteiger partial charge in [0.15, 0.2) is 0 Å². The lowest BCUT2D eigenvalue weighted by molar-refractivity contribution is 0.603. The Labute approximate surface area is 112 Å². The smallest absolute Gasteiger partial charge is 0.271 e. The zero-order valence-electron chi connectivity index (χ0n) is 8.84. The molecule has 17 heavy (non-hydrogen) atoms. The third-order valence-electron chi connectivity index (χ3n) is 2.03. The van der Waals surface area contributed by atoms with Crippen LogP contribution in [-0.4, -0.2) is 13.4 Å². The highest BCUT2D eigenvalue weighted by atomic mass is 79.9. The quantitative estimate of drug-likeness (QED) is 0.879. The predicted octanol–water partition coefficient (Wildman–Crippen LogP) is 3.01. The Hall–Kier alpha value is -0.920. The minimum atomic E-state index is -3.49. The normalized spacial score (nSPS) is 11.4. The number of halogens is 1. The third kappa shape index (κ3) is 2.85.